The van der Waals surface area contributed by atoms with E-state index in [4.69, 9.17) is 9.98 Å². The Morgan fingerprint density at radius 1 is 1.08 bits per heavy atom. The maximum absolute atomic E-state index is 10.1. The first-order valence-electron chi connectivity index (χ1n) is 10.3. The number of hydrogen-bond donors (Lipinski definition) is 1. The van der Waals surface area contributed by atoms with Gasteiger partial charge in [0.25, 0.3) is 0 Å². The monoisotopic (exact) mass is 355 g/mol. The highest BCUT2D eigenvalue weighted by molar-refractivity contribution is 6.00. The van der Waals surface area contributed by atoms with Crippen LogP contribution in [0.15, 0.2) is 33.4 Å². The largest absolute Gasteiger partial charge is 0.393 e. The lowest BCUT2D eigenvalue weighted by atomic mass is 9.63. The molecule has 2 saturated heterocycles. The molecule has 2 atom stereocenters. The van der Waals surface area contributed by atoms with Gasteiger partial charge in [-0.3, -0.25) is 4.99 Å². The Morgan fingerprint density at radius 2 is 1.73 bits per heavy atom. The molecule has 0 aromatic heterocycles. The number of aliphatic hydroxyl groups excluding tert-OH is 1. The number of hydrogen-bond acceptors (Lipinski definition) is 4. The van der Waals surface area contributed by atoms with E-state index < -0.39 is 0 Å². The summed E-state index contributed by atoms with van der Waals surface area (Å²) in [5, 5.41) is 10.1. The maximum Gasteiger partial charge on any atom is 0.127 e. The third-order valence-electron chi connectivity index (χ3n) is 6.54. The molecule has 0 amide bonds. The van der Waals surface area contributed by atoms with Crippen LogP contribution in [-0.2, 0) is 0 Å². The van der Waals surface area contributed by atoms with Crippen molar-refractivity contribution in [1.82, 2.24) is 4.90 Å². The Balaban J connectivity index is 1.61. The van der Waals surface area contributed by atoms with Crippen LogP contribution in [0.25, 0.3) is 0 Å². The van der Waals surface area contributed by atoms with Gasteiger partial charge in [-0.25, -0.2) is 4.99 Å². The van der Waals surface area contributed by atoms with Crippen molar-refractivity contribution >= 4 is 11.5 Å². The second-order valence-electron chi connectivity index (χ2n) is 9.63. The average molecular weight is 356 g/mol. The Labute approximate surface area is 157 Å². The number of aliphatic hydroxyl groups is 1. The maximum atomic E-state index is 10.1. The average Bonchev–Trinajstić information content (AvgIpc) is 2.81. The van der Waals surface area contributed by atoms with Gasteiger partial charge < -0.3 is 10.0 Å². The first kappa shape index (κ1) is 18.0. The number of aliphatic imine (C=N–C) groups is 2. The normalized spacial score (nSPS) is 36.7. The smallest absolute Gasteiger partial charge is 0.127 e. The molecule has 142 valence electrons. The van der Waals surface area contributed by atoms with Gasteiger partial charge in [0.2, 0.25) is 0 Å². The van der Waals surface area contributed by atoms with Crippen LogP contribution in [0.2, 0.25) is 0 Å². The third-order valence-corrected chi connectivity index (χ3v) is 6.54. The van der Waals surface area contributed by atoms with Crippen LogP contribution in [0.1, 0.15) is 66.2 Å². The summed E-state index contributed by atoms with van der Waals surface area (Å²) in [6, 6.07) is 0.873. The minimum Gasteiger partial charge on any atom is -0.393 e. The van der Waals surface area contributed by atoms with E-state index in [1.165, 1.54) is 37.0 Å². The number of nitrogens with zero attached hydrogens (tertiary/aromatic N) is 3. The summed E-state index contributed by atoms with van der Waals surface area (Å²) in [7, 11) is 0. The number of allylic oxidation sites excluding steroid dienone is 4. The van der Waals surface area contributed by atoms with Crippen LogP contribution in [0, 0.1) is 11.3 Å². The topological polar surface area (TPSA) is 48.2 Å². The van der Waals surface area contributed by atoms with Crippen LogP contribution in [0.4, 0.5) is 0 Å². The molecule has 0 aromatic rings. The highest BCUT2D eigenvalue weighted by atomic mass is 16.3. The van der Waals surface area contributed by atoms with Crippen molar-refractivity contribution in [3.05, 3.63) is 23.4 Å². The summed E-state index contributed by atoms with van der Waals surface area (Å²) in [4.78, 5) is 12.5. The van der Waals surface area contributed by atoms with Crippen molar-refractivity contribution in [2.24, 2.45) is 21.3 Å². The van der Waals surface area contributed by atoms with E-state index in [9.17, 15) is 5.11 Å². The number of amidine groups is 1. The molecule has 0 radical (unpaired) electrons. The fourth-order valence-electron chi connectivity index (χ4n) is 5.52. The van der Waals surface area contributed by atoms with Crippen molar-refractivity contribution in [1.29, 1.82) is 0 Å². The number of piperidine rings is 1. The third kappa shape index (κ3) is 3.53. The highest BCUT2D eigenvalue weighted by Gasteiger charge is 2.42. The summed E-state index contributed by atoms with van der Waals surface area (Å²) < 4.78 is 0. The van der Waals surface area contributed by atoms with E-state index >= 15 is 0 Å². The van der Waals surface area contributed by atoms with Crippen LogP contribution in [0.3, 0.4) is 0 Å². The van der Waals surface area contributed by atoms with Crippen molar-refractivity contribution in [2.45, 2.75) is 84.4 Å². The van der Waals surface area contributed by atoms with Gasteiger partial charge in [0, 0.05) is 29.4 Å². The summed E-state index contributed by atoms with van der Waals surface area (Å²) in [6.07, 6.45) is 10.9. The molecule has 1 aliphatic carbocycles. The van der Waals surface area contributed by atoms with Gasteiger partial charge in [0.05, 0.1) is 12.6 Å². The SMILES string of the molecule is CC1=C/C(C)=C/C(C2CC(C)(C)C2)=NCC(N2C3CCC2CC(O)C3)=N1. The molecule has 0 aromatic carbocycles. The zero-order valence-electron chi connectivity index (χ0n) is 16.7. The van der Waals surface area contributed by atoms with Gasteiger partial charge in [-0.1, -0.05) is 13.8 Å². The first-order valence-corrected chi connectivity index (χ1v) is 10.3. The first-order chi connectivity index (χ1) is 12.3. The van der Waals surface area contributed by atoms with Crippen molar-refractivity contribution in [3.63, 3.8) is 0 Å². The Hall–Kier alpha value is -1.42. The molecule has 1 saturated carbocycles. The molecule has 0 spiro atoms. The van der Waals surface area contributed by atoms with E-state index in [2.05, 4.69) is 44.7 Å². The summed E-state index contributed by atoms with van der Waals surface area (Å²) in [6.45, 7) is 9.62. The van der Waals surface area contributed by atoms with Gasteiger partial charge in [0.1, 0.15) is 5.84 Å². The van der Waals surface area contributed by atoms with Crippen molar-refractivity contribution in [2.75, 3.05) is 6.54 Å². The minimum absolute atomic E-state index is 0.141. The fraction of sp³-hybridized carbons (Fsp3) is 0.727. The minimum atomic E-state index is -0.141. The van der Waals surface area contributed by atoms with E-state index in [0.29, 0.717) is 30.0 Å². The van der Waals surface area contributed by atoms with E-state index in [0.717, 1.165) is 24.4 Å². The number of fused-ring (bicyclic) bond motifs is 2. The molecule has 1 N–H and O–H groups in total. The van der Waals surface area contributed by atoms with E-state index in [1.54, 1.807) is 0 Å². The Morgan fingerprint density at radius 3 is 2.35 bits per heavy atom. The van der Waals surface area contributed by atoms with Gasteiger partial charge in [-0.15, -0.1) is 0 Å². The second kappa shape index (κ2) is 6.63. The Kier molecular flexibility index (Phi) is 4.58. The van der Waals surface area contributed by atoms with Gasteiger partial charge >= 0.3 is 0 Å². The predicted octanol–water partition coefficient (Wildman–Crippen LogP) is 4.11. The standard InChI is InChI=1S/C22H33N3O/c1-14-7-15(2)24-21(25-17-5-6-18(25)10-19(26)9-17)13-23-20(8-14)16-11-22(3,4)12-16/h7-8,16-19,26H,5-6,9-13H2,1-4H3/b14-8+,15-7?,23-20?,24-21?. The lowest BCUT2D eigenvalue weighted by molar-refractivity contribution is 0.0705. The van der Waals surface area contributed by atoms with Crippen LogP contribution in [-0.4, -0.2) is 46.3 Å². The molecular weight excluding hydrogens is 322 g/mol. The lowest BCUT2D eigenvalue weighted by Crippen LogP contribution is -2.49. The number of rotatable bonds is 1. The summed E-state index contributed by atoms with van der Waals surface area (Å²) in [5.41, 5.74) is 4.01. The predicted molar refractivity (Wildman–Crippen MR) is 108 cm³/mol. The molecule has 3 aliphatic heterocycles. The van der Waals surface area contributed by atoms with Crippen LogP contribution >= 0.6 is 0 Å². The zero-order valence-corrected chi connectivity index (χ0v) is 16.7. The molecule has 4 aliphatic rings. The van der Waals surface area contributed by atoms with Crippen molar-refractivity contribution in [3.8, 4) is 0 Å². The summed E-state index contributed by atoms with van der Waals surface area (Å²) >= 11 is 0. The molecular formula is C22H33N3O. The van der Waals surface area contributed by atoms with E-state index in [1.807, 2.05) is 0 Å². The fourth-order valence-corrected chi connectivity index (χ4v) is 5.52. The molecule has 4 heteroatoms. The Bertz CT molecular complexity index is 678. The molecule has 4 rings (SSSR count). The second-order valence-corrected chi connectivity index (χ2v) is 9.63. The molecule has 26 heavy (non-hydrogen) atoms. The molecule has 2 bridgehead atoms. The van der Waals surface area contributed by atoms with Gasteiger partial charge in [-0.2, -0.15) is 0 Å². The van der Waals surface area contributed by atoms with Gasteiger partial charge in [0.15, 0.2) is 0 Å². The molecule has 3 heterocycles. The zero-order chi connectivity index (χ0) is 18.5. The van der Waals surface area contributed by atoms with Gasteiger partial charge in [-0.05, 0) is 75.5 Å². The molecule has 2 unspecified atom stereocenters. The van der Waals surface area contributed by atoms with E-state index in [-0.39, 0.29) is 6.10 Å². The highest BCUT2D eigenvalue weighted by Crippen LogP contribution is 2.46. The summed E-state index contributed by atoms with van der Waals surface area (Å²) in [5.74, 6) is 1.70. The molecule has 3 fully saturated rings. The van der Waals surface area contributed by atoms with Crippen LogP contribution < -0.4 is 0 Å². The molecule has 4 nitrogen and oxygen atoms in total. The quantitative estimate of drug-likeness (QED) is 0.769. The lowest BCUT2D eigenvalue weighted by Gasteiger charge is -2.43. The van der Waals surface area contributed by atoms with Crippen LogP contribution in [0.5, 0.6) is 0 Å². The van der Waals surface area contributed by atoms with Crippen molar-refractivity contribution < 1.29 is 5.11 Å².